The second-order valence-corrected chi connectivity index (χ2v) is 6.05. The summed E-state index contributed by atoms with van der Waals surface area (Å²) in [6, 6.07) is 9.63. The lowest BCUT2D eigenvalue weighted by Gasteiger charge is -2.05. The summed E-state index contributed by atoms with van der Waals surface area (Å²) in [5.41, 5.74) is 3.48. The highest BCUT2D eigenvalue weighted by Crippen LogP contribution is 2.27. The van der Waals surface area contributed by atoms with Gasteiger partial charge in [0.05, 0.1) is 11.1 Å². The Hall–Kier alpha value is -1.96. The lowest BCUT2D eigenvalue weighted by atomic mass is 10.1. The number of H-pyrrole nitrogens is 1. The number of nitrogens with one attached hydrogen (secondary N) is 2. The Kier molecular flexibility index (Phi) is 4.37. The molecule has 1 atom stereocenters. The Morgan fingerprint density at radius 1 is 1.27 bits per heavy atom. The first kappa shape index (κ1) is 15.0. The summed E-state index contributed by atoms with van der Waals surface area (Å²) in [6.07, 6.45) is 1.42. The van der Waals surface area contributed by atoms with E-state index in [1.807, 2.05) is 30.3 Å². The number of rotatable bonds is 5. The van der Waals surface area contributed by atoms with Crippen molar-refractivity contribution in [2.24, 2.45) is 0 Å². The molecule has 114 valence electrons. The second-order valence-electron chi connectivity index (χ2n) is 4.64. The fraction of sp³-hybridized carbons (Fsp3) is 0.143. The Morgan fingerprint density at radius 2 is 2.05 bits per heavy atom. The van der Waals surface area contributed by atoms with Crippen molar-refractivity contribution >= 4 is 39.4 Å². The molecule has 0 fully saturated rings. The molecule has 1 aromatic carbocycles. The molecular formula is C14H13ClN4O2S. The van der Waals surface area contributed by atoms with Gasteiger partial charge in [0.2, 0.25) is 0 Å². The minimum atomic E-state index is -1.78. The smallest absolute Gasteiger partial charge is 0.154 e. The molecule has 0 bridgehead atoms. The maximum atomic E-state index is 10.6. The van der Waals surface area contributed by atoms with Crippen LogP contribution >= 0.6 is 11.6 Å². The van der Waals surface area contributed by atoms with Crippen LogP contribution in [0.1, 0.15) is 0 Å². The largest absolute Gasteiger partial charge is 0.384 e. The average Bonchev–Trinajstić information content (AvgIpc) is 2.93. The number of benzene rings is 1. The zero-order valence-corrected chi connectivity index (χ0v) is 13.0. The van der Waals surface area contributed by atoms with Crippen LogP contribution in [0.25, 0.3) is 22.3 Å². The number of aromatic nitrogens is 3. The minimum Gasteiger partial charge on any atom is -0.384 e. The van der Waals surface area contributed by atoms with Gasteiger partial charge in [-0.2, -0.15) is 0 Å². The van der Waals surface area contributed by atoms with Gasteiger partial charge in [0, 0.05) is 17.9 Å². The molecule has 0 spiro atoms. The number of anilines is 1. The molecule has 3 aromatic rings. The van der Waals surface area contributed by atoms with E-state index >= 15 is 0 Å². The van der Waals surface area contributed by atoms with E-state index in [1.165, 1.54) is 6.33 Å². The molecule has 0 saturated heterocycles. The van der Waals surface area contributed by atoms with Crippen molar-refractivity contribution in [2.75, 3.05) is 17.6 Å². The van der Waals surface area contributed by atoms with Crippen molar-refractivity contribution < 1.29 is 8.76 Å². The van der Waals surface area contributed by atoms with Crippen LogP contribution in [0.2, 0.25) is 5.15 Å². The average molecular weight is 337 g/mol. The first-order chi connectivity index (χ1) is 10.6. The van der Waals surface area contributed by atoms with Gasteiger partial charge >= 0.3 is 0 Å². The third-order valence-corrected chi connectivity index (χ3v) is 4.03. The predicted octanol–water partition coefficient (Wildman–Crippen LogP) is 2.91. The van der Waals surface area contributed by atoms with Gasteiger partial charge in [0.25, 0.3) is 0 Å². The van der Waals surface area contributed by atoms with Crippen LogP contribution in [0.15, 0.2) is 36.7 Å². The van der Waals surface area contributed by atoms with Crippen LogP contribution in [0.4, 0.5) is 5.69 Å². The fourth-order valence-electron chi connectivity index (χ4n) is 2.12. The molecule has 1 unspecified atom stereocenters. The summed E-state index contributed by atoms with van der Waals surface area (Å²) < 4.78 is 19.3. The Morgan fingerprint density at radius 3 is 2.73 bits per heavy atom. The van der Waals surface area contributed by atoms with E-state index in [-0.39, 0.29) is 5.75 Å². The fourth-order valence-corrected chi connectivity index (χ4v) is 2.58. The molecule has 3 N–H and O–H groups in total. The topological polar surface area (TPSA) is 90.9 Å². The van der Waals surface area contributed by atoms with E-state index in [0.717, 1.165) is 22.3 Å². The van der Waals surface area contributed by atoms with Crippen LogP contribution < -0.4 is 5.32 Å². The summed E-state index contributed by atoms with van der Waals surface area (Å²) in [5.74, 6) is 0.195. The van der Waals surface area contributed by atoms with Gasteiger partial charge in [-0.15, -0.1) is 0 Å². The monoisotopic (exact) mass is 336 g/mol. The molecule has 2 heterocycles. The van der Waals surface area contributed by atoms with E-state index in [2.05, 4.69) is 20.3 Å². The molecule has 0 amide bonds. The van der Waals surface area contributed by atoms with Gasteiger partial charge in [-0.1, -0.05) is 23.7 Å². The van der Waals surface area contributed by atoms with Gasteiger partial charge in [-0.25, -0.2) is 14.2 Å². The minimum absolute atomic E-state index is 0.195. The number of hydrogen-bond donors (Lipinski definition) is 3. The number of hydrogen-bond acceptors (Lipinski definition) is 4. The van der Waals surface area contributed by atoms with Gasteiger partial charge in [-0.05, 0) is 23.8 Å². The number of aromatic amines is 1. The van der Waals surface area contributed by atoms with Crippen molar-refractivity contribution in [1.82, 2.24) is 15.0 Å². The van der Waals surface area contributed by atoms with E-state index in [1.54, 1.807) is 0 Å². The second kappa shape index (κ2) is 6.43. The highest BCUT2D eigenvalue weighted by molar-refractivity contribution is 7.79. The van der Waals surface area contributed by atoms with Crippen LogP contribution in [0, 0.1) is 0 Å². The zero-order chi connectivity index (χ0) is 15.5. The van der Waals surface area contributed by atoms with Crippen LogP contribution in [0.5, 0.6) is 0 Å². The van der Waals surface area contributed by atoms with E-state index in [0.29, 0.717) is 17.3 Å². The zero-order valence-electron chi connectivity index (χ0n) is 11.4. The van der Waals surface area contributed by atoms with Crippen molar-refractivity contribution in [3.8, 4) is 11.3 Å². The molecule has 0 aliphatic carbocycles. The quantitative estimate of drug-likeness (QED) is 0.492. The normalized spacial score (nSPS) is 12.5. The van der Waals surface area contributed by atoms with Crippen molar-refractivity contribution in [1.29, 1.82) is 0 Å². The van der Waals surface area contributed by atoms with Gasteiger partial charge < -0.3 is 14.9 Å². The van der Waals surface area contributed by atoms with Gasteiger partial charge in [0.1, 0.15) is 17.1 Å². The third kappa shape index (κ3) is 3.27. The number of fused-ring (bicyclic) bond motifs is 1. The van der Waals surface area contributed by atoms with E-state index in [9.17, 15) is 4.21 Å². The molecule has 0 aliphatic heterocycles. The molecule has 2 aromatic heterocycles. The summed E-state index contributed by atoms with van der Waals surface area (Å²) in [5, 5.41) is 4.29. The summed E-state index contributed by atoms with van der Waals surface area (Å²) >= 11 is 4.26. The molecular weight excluding hydrogens is 324 g/mol. The third-order valence-electron chi connectivity index (χ3n) is 3.18. The van der Waals surface area contributed by atoms with E-state index < -0.39 is 11.1 Å². The van der Waals surface area contributed by atoms with Crippen molar-refractivity contribution in [2.45, 2.75) is 0 Å². The summed E-state index contributed by atoms with van der Waals surface area (Å²) in [6.45, 7) is 0.444. The first-order valence-electron chi connectivity index (χ1n) is 6.54. The Bertz CT molecular complexity index is 819. The van der Waals surface area contributed by atoms with Crippen molar-refractivity contribution in [3.05, 3.63) is 41.8 Å². The Labute approximate surface area is 134 Å². The SMILES string of the molecule is O=S(O)CCNc1ccc(-c2cc3c(Cl)ncnc3[nH]2)cc1. The van der Waals surface area contributed by atoms with Crippen LogP contribution in [-0.4, -0.2) is 36.0 Å². The molecule has 8 heteroatoms. The number of nitrogens with zero attached hydrogens (tertiary/aromatic N) is 2. The van der Waals surface area contributed by atoms with Crippen molar-refractivity contribution in [3.63, 3.8) is 0 Å². The standard InChI is InChI=1S/C14H13ClN4O2S/c15-13-11-7-12(19-14(11)18-8-17-13)9-1-3-10(4-2-9)16-5-6-22(20)21/h1-4,7-8,16H,5-6H2,(H,20,21)(H,17,18,19). The number of halogens is 1. The van der Waals surface area contributed by atoms with Crippen LogP contribution in [0.3, 0.4) is 0 Å². The lowest BCUT2D eigenvalue weighted by molar-refractivity contribution is 0.565. The van der Waals surface area contributed by atoms with E-state index in [4.69, 9.17) is 16.2 Å². The highest BCUT2D eigenvalue weighted by Gasteiger charge is 2.07. The molecule has 0 saturated carbocycles. The summed E-state index contributed by atoms with van der Waals surface area (Å²) in [7, 11) is 0. The predicted molar refractivity (Wildman–Crippen MR) is 88.5 cm³/mol. The van der Waals surface area contributed by atoms with Gasteiger partial charge in [-0.3, -0.25) is 0 Å². The Balaban J connectivity index is 1.79. The lowest BCUT2D eigenvalue weighted by Crippen LogP contribution is -2.09. The van der Waals surface area contributed by atoms with Crippen LogP contribution in [-0.2, 0) is 11.1 Å². The molecule has 0 radical (unpaired) electrons. The highest BCUT2D eigenvalue weighted by atomic mass is 35.5. The maximum absolute atomic E-state index is 10.6. The summed E-state index contributed by atoms with van der Waals surface area (Å²) in [4.78, 5) is 11.3. The molecule has 6 nitrogen and oxygen atoms in total. The maximum Gasteiger partial charge on any atom is 0.154 e. The molecule has 22 heavy (non-hydrogen) atoms. The molecule has 3 rings (SSSR count). The van der Waals surface area contributed by atoms with Gasteiger partial charge in [0.15, 0.2) is 11.1 Å². The first-order valence-corrected chi connectivity index (χ1v) is 8.20. The molecule has 0 aliphatic rings.